The Morgan fingerprint density at radius 2 is 1.65 bits per heavy atom. The molecular weight excluding hydrogens is 444 g/mol. The van der Waals surface area contributed by atoms with Crippen LogP contribution in [0.5, 0.6) is 11.5 Å². The van der Waals surface area contributed by atoms with Gasteiger partial charge in [0, 0.05) is 11.1 Å². The average molecular weight is 466 g/mol. The zero-order valence-corrected chi connectivity index (χ0v) is 18.0. The molecule has 0 unspecified atom stereocenters. The summed E-state index contributed by atoms with van der Waals surface area (Å²) in [6, 6.07) is 11.3. The molecule has 9 nitrogen and oxygen atoms in total. The van der Waals surface area contributed by atoms with Gasteiger partial charge in [-0.15, -0.1) is 0 Å². The largest absolute Gasteiger partial charge is 0.507 e. The van der Waals surface area contributed by atoms with E-state index in [0.717, 1.165) is 0 Å². The van der Waals surface area contributed by atoms with E-state index in [1.807, 2.05) is 0 Å². The summed E-state index contributed by atoms with van der Waals surface area (Å²) < 4.78 is 11.2. The molecule has 0 radical (unpaired) electrons. The molecule has 9 heteroatoms. The van der Waals surface area contributed by atoms with Gasteiger partial charge in [-0.25, -0.2) is 0 Å². The van der Waals surface area contributed by atoms with Gasteiger partial charge in [-0.3, -0.25) is 9.59 Å². The number of carbonyl (C=O) groups is 2. The smallest absolute Gasteiger partial charge is 0.229 e. The zero-order chi connectivity index (χ0) is 24.3. The lowest BCUT2D eigenvalue weighted by Crippen LogP contribution is -2.60. The summed E-state index contributed by atoms with van der Waals surface area (Å²) in [5.41, 5.74) is 0.494. The first-order valence-electron chi connectivity index (χ1n) is 10.7. The molecule has 0 saturated carbocycles. The highest BCUT2D eigenvalue weighted by Crippen LogP contribution is 2.42. The third-order valence-electron chi connectivity index (χ3n) is 6.29. The molecule has 0 spiro atoms. The molecule has 34 heavy (non-hydrogen) atoms. The van der Waals surface area contributed by atoms with Gasteiger partial charge in [-0.05, 0) is 41.5 Å². The lowest BCUT2D eigenvalue weighted by Gasteiger charge is -2.40. The van der Waals surface area contributed by atoms with Crippen molar-refractivity contribution in [2.24, 2.45) is 0 Å². The van der Waals surface area contributed by atoms with Crippen LogP contribution in [0.1, 0.15) is 37.4 Å². The van der Waals surface area contributed by atoms with Gasteiger partial charge in [-0.2, -0.15) is 0 Å². The molecule has 176 valence electrons. The highest BCUT2D eigenvalue weighted by Gasteiger charge is 2.46. The van der Waals surface area contributed by atoms with Gasteiger partial charge in [0.25, 0.3) is 0 Å². The Kier molecular flexibility index (Phi) is 5.38. The number of ether oxygens (including phenoxy) is 2. The summed E-state index contributed by atoms with van der Waals surface area (Å²) in [6.45, 7) is 1.04. The van der Waals surface area contributed by atoms with Crippen molar-refractivity contribution in [2.45, 2.75) is 37.6 Å². The molecule has 5 atom stereocenters. The quantitative estimate of drug-likeness (QED) is 0.295. The maximum atomic E-state index is 13.6. The van der Waals surface area contributed by atoms with Gasteiger partial charge < -0.3 is 35.0 Å². The van der Waals surface area contributed by atoms with Crippen LogP contribution in [0, 0.1) is 6.92 Å². The number of hydrogen-bond acceptors (Lipinski definition) is 9. The molecule has 1 aliphatic heterocycles. The van der Waals surface area contributed by atoms with Gasteiger partial charge in [0.05, 0.1) is 17.7 Å². The molecule has 2 aliphatic rings. The van der Waals surface area contributed by atoms with Crippen LogP contribution in [-0.2, 0) is 4.74 Å². The molecular formula is C25H22O9. The monoisotopic (exact) mass is 466 g/mol. The maximum absolute atomic E-state index is 13.6. The topological polar surface area (TPSA) is 154 Å². The van der Waals surface area contributed by atoms with E-state index in [2.05, 4.69) is 0 Å². The minimum atomic E-state index is -1.71. The second-order valence-electron chi connectivity index (χ2n) is 8.53. The molecule has 1 fully saturated rings. The van der Waals surface area contributed by atoms with Crippen molar-refractivity contribution >= 4 is 22.3 Å². The third kappa shape index (κ3) is 3.29. The number of ketones is 2. The molecule has 3 aromatic carbocycles. The van der Waals surface area contributed by atoms with E-state index in [1.165, 1.54) is 18.2 Å². The number of benzene rings is 3. The van der Waals surface area contributed by atoms with E-state index in [4.69, 9.17) is 9.47 Å². The number of phenols is 1. The number of aromatic hydroxyl groups is 1. The van der Waals surface area contributed by atoms with E-state index < -0.39 is 48.9 Å². The predicted molar refractivity (Wildman–Crippen MR) is 118 cm³/mol. The summed E-state index contributed by atoms with van der Waals surface area (Å²) in [7, 11) is 0. The fourth-order valence-corrected chi connectivity index (χ4v) is 4.61. The minimum Gasteiger partial charge on any atom is -0.507 e. The van der Waals surface area contributed by atoms with Gasteiger partial charge in [0.2, 0.25) is 12.1 Å². The number of aliphatic hydroxyl groups excluding tert-OH is 4. The Balaban J connectivity index is 1.70. The Labute approximate surface area is 193 Å². The highest BCUT2D eigenvalue weighted by atomic mass is 16.7. The fourth-order valence-electron chi connectivity index (χ4n) is 4.61. The van der Waals surface area contributed by atoms with E-state index >= 15 is 0 Å². The molecule has 1 heterocycles. The van der Waals surface area contributed by atoms with Gasteiger partial charge in [0.1, 0.15) is 35.9 Å². The number of aliphatic hydroxyl groups is 4. The van der Waals surface area contributed by atoms with Crippen molar-refractivity contribution in [1.29, 1.82) is 0 Å². The Bertz CT molecular complexity index is 1330. The Morgan fingerprint density at radius 3 is 2.38 bits per heavy atom. The van der Waals surface area contributed by atoms with E-state index in [9.17, 15) is 35.1 Å². The van der Waals surface area contributed by atoms with Gasteiger partial charge in [0.15, 0.2) is 5.78 Å². The molecule has 1 saturated heterocycles. The summed E-state index contributed by atoms with van der Waals surface area (Å²) in [5.74, 6) is -1.57. The zero-order valence-electron chi connectivity index (χ0n) is 18.0. The number of fused-ring (bicyclic) bond motifs is 4. The predicted octanol–water partition coefficient (Wildman–Crippen LogP) is 0.808. The molecule has 0 amide bonds. The molecule has 3 aromatic rings. The molecule has 0 aromatic heterocycles. The van der Waals surface area contributed by atoms with Crippen molar-refractivity contribution in [1.82, 2.24) is 0 Å². The van der Waals surface area contributed by atoms with Crippen molar-refractivity contribution < 1.29 is 44.6 Å². The lowest BCUT2D eigenvalue weighted by atomic mass is 9.80. The van der Waals surface area contributed by atoms with Crippen LogP contribution in [-0.4, -0.2) is 74.4 Å². The average Bonchev–Trinajstić information content (AvgIpc) is 2.81. The van der Waals surface area contributed by atoms with Crippen LogP contribution < -0.4 is 4.74 Å². The normalized spacial score (nSPS) is 26.3. The summed E-state index contributed by atoms with van der Waals surface area (Å²) in [6.07, 6.45) is -7.75. The van der Waals surface area contributed by atoms with E-state index in [0.29, 0.717) is 16.3 Å². The van der Waals surface area contributed by atoms with Crippen LogP contribution in [0.3, 0.4) is 0 Å². The minimum absolute atomic E-state index is 0.0742. The highest BCUT2D eigenvalue weighted by molar-refractivity contribution is 6.33. The summed E-state index contributed by atoms with van der Waals surface area (Å²) >= 11 is 0. The third-order valence-corrected chi connectivity index (χ3v) is 6.29. The van der Waals surface area contributed by atoms with Crippen LogP contribution in [0.15, 0.2) is 42.5 Å². The molecule has 1 aliphatic carbocycles. The first-order valence-corrected chi connectivity index (χ1v) is 10.7. The second kappa shape index (κ2) is 8.15. The first kappa shape index (κ1) is 22.5. The van der Waals surface area contributed by atoms with E-state index in [1.54, 1.807) is 31.2 Å². The van der Waals surface area contributed by atoms with Crippen LogP contribution >= 0.6 is 0 Å². The van der Waals surface area contributed by atoms with Crippen molar-refractivity contribution in [3.05, 3.63) is 70.3 Å². The number of rotatable bonds is 3. The summed E-state index contributed by atoms with van der Waals surface area (Å²) in [4.78, 5) is 27.2. The van der Waals surface area contributed by atoms with Crippen LogP contribution in [0.25, 0.3) is 10.8 Å². The van der Waals surface area contributed by atoms with Crippen molar-refractivity contribution in [3.8, 4) is 11.5 Å². The number of carbonyl (C=O) groups excluding carboxylic acids is 2. The number of hydrogen-bond donors (Lipinski definition) is 5. The molecule has 5 N–H and O–H groups in total. The number of phenolic OH excluding ortho intramolecular Hbond substituents is 1. The van der Waals surface area contributed by atoms with Crippen LogP contribution in [0.2, 0.25) is 0 Å². The van der Waals surface area contributed by atoms with Gasteiger partial charge in [-0.1, -0.05) is 24.3 Å². The van der Waals surface area contributed by atoms with E-state index in [-0.39, 0.29) is 33.8 Å². The number of aryl methyl sites for hydroxylation is 1. The molecule has 0 bridgehead atoms. The van der Waals surface area contributed by atoms with Gasteiger partial charge >= 0.3 is 0 Å². The Hall–Kier alpha value is -3.34. The SMILES string of the molecule is Cc1cc(O)c2c(c1)C(=O)c1c(c(O[C@@H]3O[C@H](CO)[C@@H](O)[C@H](O)[C@H]3O)cc3ccccc13)C2=O. The second-order valence-corrected chi connectivity index (χ2v) is 8.53. The standard InChI is InChI=1S/C25H22O9/c1-10-6-13-17(14(27)7-10)22(30)19-15(8-11-4-2-3-5-12(11)18(19)20(13)28)33-25-24(32)23(31)21(29)16(9-26)34-25/h2-8,16,21,23-27,29,31-32H,9H2,1H3/t16-,21-,23+,24-,25-/m1/s1. The van der Waals surface area contributed by atoms with Crippen molar-refractivity contribution in [3.63, 3.8) is 0 Å². The lowest BCUT2D eigenvalue weighted by molar-refractivity contribution is -0.277. The fraction of sp³-hybridized carbons (Fsp3) is 0.280. The van der Waals surface area contributed by atoms with Crippen molar-refractivity contribution in [2.75, 3.05) is 6.61 Å². The summed E-state index contributed by atoms with van der Waals surface area (Å²) in [5, 5.41) is 51.6. The molecule has 5 rings (SSSR count). The Morgan fingerprint density at radius 1 is 0.912 bits per heavy atom. The maximum Gasteiger partial charge on any atom is 0.229 e. The first-order chi connectivity index (χ1) is 16.2. The van der Waals surface area contributed by atoms with Crippen LogP contribution in [0.4, 0.5) is 0 Å².